The van der Waals surface area contributed by atoms with Crippen molar-refractivity contribution >= 4 is 23.4 Å². The summed E-state index contributed by atoms with van der Waals surface area (Å²) in [7, 11) is 0. The predicted molar refractivity (Wildman–Crippen MR) is 107 cm³/mol. The van der Waals surface area contributed by atoms with Crippen molar-refractivity contribution in [2.24, 2.45) is 4.99 Å². The van der Waals surface area contributed by atoms with Crippen LogP contribution < -0.4 is 0 Å². The Morgan fingerprint density at radius 2 is 2.00 bits per heavy atom. The summed E-state index contributed by atoms with van der Waals surface area (Å²) in [5, 5.41) is 16.1. The maximum absolute atomic E-state index is 9.37. The second-order valence-corrected chi connectivity index (χ2v) is 6.97. The van der Waals surface area contributed by atoms with Crippen LogP contribution in [0.1, 0.15) is 22.5 Å². The first kappa shape index (κ1) is 17.0. The molecule has 3 aromatic heterocycles. The molecular weight excluding hydrogens is 356 g/mol. The molecular formula is C21H16N4OS. The van der Waals surface area contributed by atoms with E-state index in [2.05, 4.69) is 11.1 Å². The van der Waals surface area contributed by atoms with Crippen LogP contribution in [-0.4, -0.2) is 16.0 Å². The number of para-hydroxylation sites is 1. The number of nitriles is 1. The Labute approximate surface area is 160 Å². The Bertz CT molecular complexity index is 1150. The number of nitrogens with zero attached hydrogens (tertiary/aromatic N) is 4. The highest BCUT2D eigenvalue weighted by atomic mass is 32.1. The number of aliphatic imine (C=N–C) groups is 1. The number of aromatic nitrogens is 2. The quantitative estimate of drug-likeness (QED) is 0.448. The summed E-state index contributed by atoms with van der Waals surface area (Å²) in [5.74, 6) is 1.04. The number of rotatable bonds is 4. The molecule has 4 rings (SSSR count). The maximum Gasteiger partial charge on any atom is 0.237 e. The molecule has 0 aliphatic carbocycles. The first-order valence-electron chi connectivity index (χ1n) is 8.40. The van der Waals surface area contributed by atoms with Crippen LogP contribution in [-0.2, 0) is 0 Å². The first-order chi connectivity index (χ1) is 13.2. The lowest BCUT2D eigenvalue weighted by atomic mass is 10.2. The second kappa shape index (κ2) is 7.06. The molecule has 4 aromatic rings. The van der Waals surface area contributed by atoms with E-state index in [9.17, 15) is 5.26 Å². The van der Waals surface area contributed by atoms with Gasteiger partial charge in [-0.1, -0.05) is 24.3 Å². The summed E-state index contributed by atoms with van der Waals surface area (Å²) in [6.07, 6.45) is 3.64. The van der Waals surface area contributed by atoms with Crippen LogP contribution in [0.3, 0.4) is 0 Å². The third-order valence-electron chi connectivity index (χ3n) is 4.32. The van der Waals surface area contributed by atoms with E-state index in [0.717, 1.165) is 27.4 Å². The molecule has 0 atom stereocenters. The fourth-order valence-corrected chi connectivity index (χ4v) is 3.49. The Morgan fingerprint density at radius 3 is 2.70 bits per heavy atom. The molecule has 0 fully saturated rings. The summed E-state index contributed by atoms with van der Waals surface area (Å²) in [6, 6.07) is 16.1. The number of hydrogen-bond acceptors (Lipinski definition) is 5. The minimum atomic E-state index is 0.331. The first-order valence-corrected chi connectivity index (χ1v) is 9.28. The number of furan rings is 1. The zero-order valence-corrected chi connectivity index (χ0v) is 15.7. The maximum atomic E-state index is 9.37. The molecule has 0 saturated carbocycles. The van der Waals surface area contributed by atoms with Crippen molar-refractivity contribution in [2.45, 2.75) is 13.8 Å². The van der Waals surface area contributed by atoms with Gasteiger partial charge in [0, 0.05) is 23.5 Å². The van der Waals surface area contributed by atoms with Gasteiger partial charge < -0.3 is 4.42 Å². The molecule has 0 unspecified atom stereocenters. The van der Waals surface area contributed by atoms with E-state index in [4.69, 9.17) is 9.52 Å². The van der Waals surface area contributed by atoms with Gasteiger partial charge in [0.1, 0.15) is 23.1 Å². The number of hydrogen-bond donors (Lipinski definition) is 0. The lowest BCUT2D eigenvalue weighted by Crippen LogP contribution is -1.93. The number of thiophene rings is 1. The minimum Gasteiger partial charge on any atom is -0.442 e. The third-order valence-corrected chi connectivity index (χ3v) is 5.19. The second-order valence-electron chi connectivity index (χ2n) is 6.02. The molecule has 27 heavy (non-hydrogen) atoms. The Kier molecular flexibility index (Phi) is 4.45. The fourth-order valence-electron chi connectivity index (χ4n) is 2.76. The summed E-state index contributed by atoms with van der Waals surface area (Å²) in [6.45, 7) is 3.70. The minimum absolute atomic E-state index is 0.331. The fraction of sp³-hybridized carbons (Fsp3) is 0.0952. The Hall–Kier alpha value is -3.43. The summed E-state index contributed by atoms with van der Waals surface area (Å²) in [5.41, 5.74) is 3.96. The summed E-state index contributed by atoms with van der Waals surface area (Å²) in [4.78, 5) is 5.50. The van der Waals surface area contributed by atoms with Gasteiger partial charge in [-0.15, -0.1) is 11.3 Å². The lowest BCUT2D eigenvalue weighted by Gasteiger charge is -1.98. The predicted octanol–water partition coefficient (Wildman–Crippen LogP) is 5.43. The van der Waals surface area contributed by atoms with Crippen molar-refractivity contribution in [1.29, 1.82) is 5.26 Å². The van der Waals surface area contributed by atoms with Crippen LogP contribution in [0, 0.1) is 25.2 Å². The van der Waals surface area contributed by atoms with E-state index in [1.54, 1.807) is 17.6 Å². The van der Waals surface area contributed by atoms with Crippen LogP contribution in [0.15, 0.2) is 63.5 Å². The van der Waals surface area contributed by atoms with Gasteiger partial charge in [-0.25, -0.2) is 9.67 Å². The average Bonchev–Trinajstić information content (AvgIpc) is 3.41. The van der Waals surface area contributed by atoms with E-state index >= 15 is 0 Å². The molecule has 0 bridgehead atoms. The van der Waals surface area contributed by atoms with Crippen molar-refractivity contribution in [2.75, 3.05) is 0 Å². The average molecular weight is 372 g/mol. The van der Waals surface area contributed by atoms with Crippen molar-refractivity contribution < 1.29 is 4.42 Å². The monoisotopic (exact) mass is 372 g/mol. The Balaban J connectivity index is 1.79. The van der Waals surface area contributed by atoms with Gasteiger partial charge in [0.05, 0.1) is 10.6 Å². The molecule has 1 aromatic carbocycles. The molecule has 0 saturated heterocycles. The normalized spacial score (nSPS) is 11.1. The van der Waals surface area contributed by atoms with Gasteiger partial charge in [-0.05, 0) is 37.4 Å². The lowest BCUT2D eigenvalue weighted by molar-refractivity contribution is 0.542. The molecule has 0 amide bonds. The van der Waals surface area contributed by atoms with E-state index in [1.807, 2.05) is 72.6 Å². The van der Waals surface area contributed by atoms with E-state index < -0.39 is 0 Å². The number of aryl methyl sites for hydroxylation is 1. The van der Waals surface area contributed by atoms with Crippen molar-refractivity contribution in [3.8, 4) is 22.3 Å². The molecule has 0 spiro atoms. The molecule has 0 radical (unpaired) electrons. The molecule has 5 nitrogen and oxygen atoms in total. The molecule has 0 N–H and O–H groups in total. The van der Waals surface area contributed by atoms with Crippen LogP contribution in [0.4, 0.5) is 5.88 Å². The van der Waals surface area contributed by atoms with Gasteiger partial charge >= 0.3 is 0 Å². The van der Waals surface area contributed by atoms with E-state index in [-0.39, 0.29) is 0 Å². The Morgan fingerprint density at radius 1 is 1.19 bits per heavy atom. The zero-order valence-electron chi connectivity index (χ0n) is 14.9. The van der Waals surface area contributed by atoms with Crippen molar-refractivity contribution in [3.05, 3.63) is 76.5 Å². The van der Waals surface area contributed by atoms with Gasteiger partial charge in [-0.2, -0.15) is 10.4 Å². The van der Waals surface area contributed by atoms with Crippen molar-refractivity contribution in [1.82, 2.24) is 9.78 Å². The smallest absolute Gasteiger partial charge is 0.237 e. The summed E-state index contributed by atoms with van der Waals surface area (Å²) >= 11 is 1.62. The molecule has 6 heteroatoms. The van der Waals surface area contributed by atoms with Crippen LogP contribution in [0.5, 0.6) is 0 Å². The molecule has 132 valence electrons. The molecule has 0 aliphatic heterocycles. The molecule has 3 heterocycles. The third kappa shape index (κ3) is 3.21. The largest absolute Gasteiger partial charge is 0.442 e. The van der Waals surface area contributed by atoms with Crippen LogP contribution >= 0.6 is 11.3 Å². The van der Waals surface area contributed by atoms with Gasteiger partial charge in [0.2, 0.25) is 5.88 Å². The molecule has 0 aliphatic rings. The van der Waals surface area contributed by atoms with E-state index in [0.29, 0.717) is 17.2 Å². The van der Waals surface area contributed by atoms with Crippen LogP contribution in [0.25, 0.3) is 16.3 Å². The highest BCUT2D eigenvalue weighted by molar-refractivity contribution is 7.13. The van der Waals surface area contributed by atoms with Crippen molar-refractivity contribution in [3.63, 3.8) is 0 Å². The highest BCUT2D eigenvalue weighted by Gasteiger charge is 2.15. The van der Waals surface area contributed by atoms with Crippen LogP contribution in [0.2, 0.25) is 0 Å². The van der Waals surface area contributed by atoms with Gasteiger partial charge in [0.15, 0.2) is 0 Å². The van der Waals surface area contributed by atoms with Gasteiger partial charge in [-0.3, -0.25) is 0 Å². The zero-order chi connectivity index (χ0) is 18.8. The summed E-state index contributed by atoms with van der Waals surface area (Å²) < 4.78 is 7.47. The topological polar surface area (TPSA) is 67.1 Å². The highest BCUT2D eigenvalue weighted by Crippen LogP contribution is 2.30. The SMILES string of the molecule is Cc1oc(/N=C/c2cn(-c3ccccc3)nc2-c2cccs2)c(C#N)c1C. The number of benzene rings is 1. The van der Waals surface area contributed by atoms with Gasteiger partial charge in [0.25, 0.3) is 0 Å². The van der Waals surface area contributed by atoms with E-state index in [1.165, 1.54) is 0 Å². The standard InChI is InChI=1S/C21H16N4OS/c1-14-15(2)26-21(18(14)11-22)23-12-16-13-25(17-7-4-3-5-8-17)24-20(16)19-9-6-10-27-19/h3-10,12-13H,1-2H3/b23-12+.